The number of piperazine rings is 1. The maximum Gasteiger partial charge on any atom is 0.244 e. The molecule has 142 valence electrons. The molecule has 2 aromatic carbocycles. The minimum Gasteiger partial charge on any atom is -0.294 e. The fourth-order valence-electron chi connectivity index (χ4n) is 3.12. The minimum atomic E-state index is -3.65. The van der Waals surface area contributed by atoms with Crippen LogP contribution in [0.3, 0.4) is 0 Å². The Morgan fingerprint density at radius 3 is 2.52 bits per heavy atom. The van der Waals surface area contributed by atoms with E-state index in [1.807, 2.05) is 18.2 Å². The Morgan fingerprint density at radius 1 is 1.04 bits per heavy atom. The average molecular weight is 442 g/mol. The summed E-state index contributed by atoms with van der Waals surface area (Å²) in [5.74, 6) is 0. The Bertz CT molecular complexity index is 1040. The van der Waals surface area contributed by atoms with Gasteiger partial charge in [0.2, 0.25) is 10.0 Å². The van der Waals surface area contributed by atoms with Gasteiger partial charge in [0.15, 0.2) is 0 Å². The van der Waals surface area contributed by atoms with Crippen LogP contribution < -0.4 is 0 Å². The van der Waals surface area contributed by atoms with Gasteiger partial charge in [-0.3, -0.25) is 4.90 Å². The second-order valence-electron chi connectivity index (χ2n) is 6.33. The highest BCUT2D eigenvalue weighted by Crippen LogP contribution is 2.29. The summed E-state index contributed by atoms with van der Waals surface area (Å²) >= 11 is 13.7. The van der Waals surface area contributed by atoms with Crippen molar-refractivity contribution in [3.63, 3.8) is 0 Å². The number of hydrogen-bond acceptors (Lipinski definition) is 5. The van der Waals surface area contributed by atoms with Gasteiger partial charge in [0.25, 0.3) is 0 Å². The first kappa shape index (κ1) is 19.1. The van der Waals surface area contributed by atoms with Crippen molar-refractivity contribution in [3.8, 4) is 0 Å². The topological polar surface area (TPSA) is 53.5 Å². The summed E-state index contributed by atoms with van der Waals surface area (Å²) < 4.78 is 28.4. The lowest BCUT2D eigenvalue weighted by molar-refractivity contribution is 0.181. The van der Waals surface area contributed by atoms with Gasteiger partial charge < -0.3 is 0 Å². The molecule has 1 fully saturated rings. The third kappa shape index (κ3) is 3.99. The normalized spacial score (nSPS) is 16.8. The van der Waals surface area contributed by atoms with E-state index < -0.39 is 10.0 Å². The first-order chi connectivity index (χ1) is 12.9. The van der Waals surface area contributed by atoms with Gasteiger partial charge in [0.1, 0.15) is 9.90 Å². The fourth-order valence-corrected chi connectivity index (χ4v) is 6.29. The van der Waals surface area contributed by atoms with Gasteiger partial charge in [-0.05, 0) is 30.3 Å². The summed E-state index contributed by atoms with van der Waals surface area (Å²) in [4.78, 5) is 6.95. The van der Waals surface area contributed by atoms with E-state index in [2.05, 4.69) is 16.0 Å². The molecule has 2 heterocycles. The first-order valence-corrected chi connectivity index (χ1v) is 11.5. The molecule has 0 amide bonds. The van der Waals surface area contributed by atoms with Crippen LogP contribution in [0.2, 0.25) is 10.0 Å². The van der Waals surface area contributed by atoms with Gasteiger partial charge in [0.05, 0.1) is 21.8 Å². The number of hydrogen-bond donors (Lipinski definition) is 0. The van der Waals surface area contributed by atoms with Gasteiger partial charge in [-0.15, -0.1) is 11.3 Å². The number of thiazole rings is 1. The van der Waals surface area contributed by atoms with Crippen LogP contribution in [0.4, 0.5) is 0 Å². The fraction of sp³-hybridized carbons (Fsp3) is 0.278. The molecule has 27 heavy (non-hydrogen) atoms. The number of sulfonamides is 1. The van der Waals surface area contributed by atoms with Gasteiger partial charge in [-0.2, -0.15) is 4.31 Å². The molecule has 0 saturated carbocycles. The van der Waals surface area contributed by atoms with Crippen molar-refractivity contribution >= 4 is 54.8 Å². The number of fused-ring (bicyclic) bond motifs is 1. The number of nitrogens with zero attached hydrogens (tertiary/aromatic N) is 3. The maximum atomic E-state index is 12.9. The predicted molar refractivity (Wildman–Crippen MR) is 110 cm³/mol. The molecule has 5 nitrogen and oxygen atoms in total. The molecule has 0 aliphatic carbocycles. The summed E-state index contributed by atoms with van der Waals surface area (Å²) in [5.41, 5.74) is 1.01. The van der Waals surface area contributed by atoms with Crippen LogP contribution in [0.15, 0.2) is 47.4 Å². The minimum absolute atomic E-state index is 0.0660. The summed E-state index contributed by atoms with van der Waals surface area (Å²) in [7, 11) is -3.65. The smallest absolute Gasteiger partial charge is 0.244 e. The van der Waals surface area contributed by atoms with Gasteiger partial charge in [-0.25, -0.2) is 13.4 Å². The number of para-hydroxylation sites is 1. The summed E-state index contributed by atoms with van der Waals surface area (Å²) in [6.45, 7) is 2.85. The van der Waals surface area contributed by atoms with Gasteiger partial charge >= 0.3 is 0 Å². The molecule has 1 aliphatic heterocycles. The number of aromatic nitrogens is 1. The molecule has 0 spiro atoms. The molecule has 0 radical (unpaired) electrons. The van der Waals surface area contributed by atoms with Crippen molar-refractivity contribution in [3.05, 3.63) is 57.5 Å². The van der Waals surface area contributed by atoms with Crippen molar-refractivity contribution < 1.29 is 8.42 Å². The molecule has 1 aromatic heterocycles. The van der Waals surface area contributed by atoms with Crippen LogP contribution in [0, 0.1) is 0 Å². The Labute approximate surface area is 172 Å². The third-order valence-electron chi connectivity index (χ3n) is 4.54. The standard InChI is InChI=1S/C18H17Cl2N3O2S2/c19-13-5-6-14(20)17(11-13)27(24,25)23-9-7-22(8-10-23)12-18-21-15-3-1-2-4-16(15)26-18/h1-6,11H,7-10,12H2. The molecule has 3 aromatic rings. The molecule has 1 saturated heterocycles. The average Bonchev–Trinajstić information content (AvgIpc) is 3.06. The second-order valence-corrected chi connectivity index (χ2v) is 10.2. The number of halogens is 2. The molecule has 1 aliphatic rings. The molecular formula is C18H17Cl2N3O2S2. The van der Waals surface area contributed by atoms with Crippen LogP contribution in [0.1, 0.15) is 5.01 Å². The highest BCUT2D eigenvalue weighted by Gasteiger charge is 2.30. The molecular weight excluding hydrogens is 425 g/mol. The van der Waals surface area contributed by atoms with Gasteiger partial charge in [0, 0.05) is 31.2 Å². The predicted octanol–water partition coefficient (Wildman–Crippen LogP) is 4.11. The second kappa shape index (κ2) is 7.66. The molecule has 0 atom stereocenters. The number of rotatable bonds is 4. The van der Waals surface area contributed by atoms with E-state index in [0.717, 1.165) is 17.1 Å². The molecule has 0 N–H and O–H groups in total. The lowest BCUT2D eigenvalue weighted by Crippen LogP contribution is -2.48. The van der Waals surface area contributed by atoms with Crippen LogP contribution >= 0.6 is 34.5 Å². The van der Waals surface area contributed by atoms with Crippen molar-refractivity contribution in [1.82, 2.24) is 14.2 Å². The first-order valence-electron chi connectivity index (χ1n) is 8.45. The van der Waals surface area contributed by atoms with E-state index in [-0.39, 0.29) is 9.92 Å². The molecule has 9 heteroatoms. The van der Waals surface area contributed by atoms with Crippen molar-refractivity contribution in [2.24, 2.45) is 0 Å². The van der Waals surface area contributed by atoms with E-state index >= 15 is 0 Å². The van der Waals surface area contributed by atoms with Crippen LogP contribution in [0.25, 0.3) is 10.2 Å². The van der Waals surface area contributed by atoms with Crippen LogP contribution in [-0.4, -0.2) is 48.8 Å². The van der Waals surface area contributed by atoms with E-state index in [4.69, 9.17) is 23.2 Å². The van der Waals surface area contributed by atoms with Gasteiger partial charge in [-0.1, -0.05) is 35.3 Å². The zero-order chi connectivity index (χ0) is 19.0. The Balaban J connectivity index is 1.44. The largest absolute Gasteiger partial charge is 0.294 e. The van der Waals surface area contributed by atoms with E-state index in [9.17, 15) is 8.42 Å². The van der Waals surface area contributed by atoms with Crippen LogP contribution in [0.5, 0.6) is 0 Å². The molecule has 0 unspecified atom stereocenters. The lowest BCUT2D eigenvalue weighted by atomic mass is 10.3. The van der Waals surface area contributed by atoms with Crippen molar-refractivity contribution in [2.45, 2.75) is 11.4 Å². The highest BCUT2D eigenvalue weighted by atomic mass is 35.5. The Hall–Kier alpha value is -1.22. The van der Waals surface area contributed by atoms with Crippen molar-refractivity contribution in [1.29, 1.82) is 0 Å². The molecule has 0 bridgehead atoms. The highest BCUT2D eigenvalue weighted by molar-refractivity contribution is 7.89. The third-order valence-corrected chi connectivity index (χ3v) is 8.18. The Kier molecular flexibility index (Phi) is 5.42. The lowest BCUT2D eigenvalue weighted by Gasteiger charge is -2.33. The van der Waals surface area contributed by atoms with E-state index in [0.29, 0.717) is 31.2 Å². The maximum absolute atomic E-state index is 12.9. The van der Waals surface area contributed by atoms with E-state index in [1.165, 1.54) is 21.1 Å². The zero-order valence-corrected chi connectivity index (χ0v) is 17.5. The molecule has 4 rings (SSSR count). The summed E-state index contributed by atoms with van der Waals surface area (Å²) in [6.07, 6.45) is 0. The van der Waals surface area contributed by atoms with E-state index in [1.54, 1.807) is 17.4 Å². The van der Waals surface area contributed by atoms with Crippen LogP contribution in [-0.2, 0) is 16.6 Å². The quantitative estimate of drug-likeness (QED) is 0.610. The SMILES string of the molecule is O=S(=O)(c1cc(Cl)ccc1Cl)N1CCN(Cc2nc3ccccc3s2)CC1. The summed E-state index contributed by atoms with van der Waals surface area (Å²) in [6, 6.07) is 12.6. The monoisotopic (exact) mass is 441 g/mol. The summed E-state index contributed by atoms with van der Waals surface area (Å²) in [5, 5.41) is 1.59. The number of benzene rings is 2. The Morgan fingerprint density at radius 2 is 1.78 bits per heavy atom. The zero-order valence-electron chi connectivity index (χ0n) is 14.3. The van der Waals surface area contributed by atoms with Crippen molar-refractivity contribution in [2.75, 3.05) is 26.2 Å².